The summed E-state index contributed by atoms with van der Waals surface area (Å²) in [6.07, 6.45) is 6.36. The average Bonchev–Trinajstić information content (AvgIpc) is 2.27. The molecule has 0 unspecified atom stereocenters. The van der Waals surface area contributed by atoms with E-state index >= 15 is 0 Å². The minimum atomic E-state index is -0.159. The van der Waals surface area contributed by atoms with E-state index in [2.05, 4.69) is 26.1 Å². The number of nitrogens with one attached hydrogen (secondary N) is 1. The van der Waals surface area contributed by atoms with Crippen molar-refractivity contribution in [3.05, 3.63) is 0 Å². The summed E-state index contributed by atoms with van der Waals surface area (Å²) < 4.78 is 0. The monoisotopic (exact) mass is 241 g/mol. The van der Waals surface area contributed by atoms with Gasteiger partial charge in [-0.3, -0.25) is 4.79 Å². The van der Waals surface area contributed by atoms with Gasteiger partial charge in [-0.15, -0.1) is 0 Å². The van der Waals surface area contributed by atoms with Gasteiger partial charge in [-0.05, 0) is 24.7 Å². The highest BCUT2D eigenvalue weighted by molar-refractivity contribution is 5.82. The highest BCUT2D eigenvalue weighted by Crippen LogP contribution is 2.36. The number of carbonyl (C=O) groups excluding carboxylic acids is 1. The second kappa shape index (κ2) is 5.85. The Labute approximate surface area is 105 Å². The molecule has 1 saturated carbocycles. The Balaban J connectivity index is 2.43. The highest BCUT2D eigenvalue weighted by atomic mass is 16.3. The van der Waals surface area contributed by atoms with Crippen molar-refractivity contribution in [3.63, 3.8) is 0 Å². The van der Waals surface area contributed by atoms with Crippen molar-refractivity contribution in [3.8, 4) is 0 Å². The van der Waals surface area contributed by atoms with E-state index in [1.165, 1.54) is 19.3 Å². The van der Waals surface area contributed by atoms with Gasteiger partial charge >= 0.3 is 0 Å². The Morgan fingerprint density at radius 2 is 1.88 bits per heavy atom. The lowest BCUT2D eigenvalue weighted by Crippen LogP contribution is -2.44. The maximum atomic E-state index is 12.2. The number of aliphatic hydroxyl groups is 1. The van der Waals surface area contributed by atoms with Gasteiger partial charge in [0.25, 0.3) is 0 Å². The molecule has 17 heavy (non-hydrogen) atoms. The zero-order chi connectivity index (χ0) is 12.9. The van der Waals surface area contributed by atoms with Crippen molar-refractivity contribution in [2.75, 3.05) is 13.2 Å². The summed E-state index contributed by atoms with van der Waals surface area (Å²) in [6.45, 7) is 7.07. The molecule has 0 aromatic rings. The van der Waals surface area contributed by atoms with Gasteiger partial charge in [0, 0.05) is 18.6 Å². The first-order valence-corrected chi connectivity index (χ1v) is 6.79. The number of carbonyl (C=O) groups is 1. The van der Waals surface area contributed by atoms with Crippen molar-refractivity contribution in [1.82, 2.24) is 5.32 Å². The van der Waals surface area contributed by atoms with Crippen LogP contribution in [0.3, 0.4) is 0 Å². The van der Waals surface area contributed by atoms with Crippen LogP contribution in [0.15, 0.2) is 0 Å². The van der Waals surface area contributed by atoms with Gasteiger partial charge in [0.1, 0.15) is 0 Å². The predicted molar refractivity (Wildman–Crippen MR) is 69.7 cm³/mol. The van der Waals surface area contributed by atoms with Crippen LogP contribution in [0.4, 0.5) is 0 Å². The Morgan fingerprint density at radius 3 is 2.41 bits per heavy atom. The van der Waals surface area contributed by atoms with Crippen molar-refractivity contribution >= 4 is 5.91 Å². The quantitative estimate of drug-likeness (QED) is 0.777. The zero-order valence-electron chi connectivity index (χ0n) is 11.5. The van der Waals surface area contributed by atoms with Crippen LogP contribution in [0, 0.1) is 10.8 Å². The fraction of sp³-hybridized carbons (Fsp3) is 0.929. The topological polar surface area (TPSA) is 49.3 Å². The first-order chi connectivity index (χ1) is 7.90. The van der Waals surface area contributed by atoms with Gasteiger partial charge in [-0.25, -0.2) is 0 Å². The summed E-state index contributed by atoms with van der Waals surface area (Å²) in [5.41, 5.74) is -0.178. The average molecular weight is 241 g/mol. The molecule has 1 fully saturated rings. The van der Waals surface area contributed by atoms with Gasteiger partial charge in [-0.2, -0.15) is 0 Å². The van der Waals surface area contributed by atoms with Gasteiger partial charge in [0.05, 0.1) is 0 Å². The summed E-state index contributed by atoms with van der Waals surface area (Å²) in [5.74, 6) is 0.197. The molecule has 0 aliphatic heterocycles. The van der Waals surface area contributed by atoms with Crippen LogP contribution in [0.25, 0.3) is 0 Å². The van der Waals surface area contributed by atoms with E-state index in [0.717, 1.165) is 19.3 Å². The maximum Gasteiger partial charge on any atom is 0.225 e. The van der Waals surface area contributed by atoms with Crippen LogP contribution in [0.1, 0.15) is 59.3 Å². The molecule has 3 nitrogen and oxygen atoms in total. The van der Waals surface area contributed by atoms with E-state index < -0.39 is 0 Å². The van der Waals surface area contributed by atoms with E-state index in [4.69, 9.17) is 5.11 Å². The zero-order valence-corrected chi connectivity index (χ0v) is 11.5. The van der Waals surface area contributed by atoms with Crippen LogP contribution >= 0.6 is 0 Å². The van der Waals surface area contributed by atoms with Gasteiger partial charge < -0.3 is 10.4 Å². The van der Waals surface area contributed by atoms with E-state index in [1.807, 2.05) is 0 Å². The normalized spacial score (nSPS) is 20.0. The standard InChI is InChI=1S/C14H27NO2/c1-13(2,9-10-16)11-15-12(17)14(3)7-5-4-6-8-14/h16H,4-11H2,1-3H3,(H,15,17). The lowest BCUT2D eigenvalue weighted by molar-refractivity contribution is -0.132. The summed E-state index contributed by atoms with van der Waals surface area (Å²) in [4.78, 5) is 12.2. The minimum Gasteiger partial charge on any atom is -0.396 e. The SMILES string of the molecule is CC(C)(CCO)CNC(=O)C1(C)CCCCC1. The van der Waals surface area contributed by atoms with Gasteiger partial charge in [-0.1, -0.05) is 40.0 Å². The molecule has 0 saturated heterocycles. The first kappa shape index (κ1) is 14.5. The number of aliphatic hydroxyl groups excluding tert-OH is 1. The van der Waals surface area contributed by atoms with Crippen molar-refractivity contribution in [2.45, 2.75) is 59.3 Å². The molecular formula is C14H27NO2. The molecule has 1 amide bonds. The molecular weight excluding hydrogens is 214 g/mol. The van der Waals surface area contributed by atoms with Gasteiger partial charge in [0.15, 0.2) is 0 Å². The van der Waals surface area contributed by atoms with Crippen molar-refractivity contribution < 1.29 is 9.90 Å². The van der Waals surface area contributed by atoms with Crippen LogP contribution in [0.5, 0.6) is 0 Å². The van der Waals surface area contributed by atoms with Crippen LogP contribution < -0.4 is 5.32 Å². The molecule has 1 aliphatic rings. The summed E-state index contributed by atoms with van der Waals surface area (Å²) in [6, 6.07) is 0. The van der Waals surface area contributed by atoms with Crippen LogP contribution in [-0.4, -0.2) is 24.2 Å². The fourth-order valence-electron chi connectivity index (χ4n) is 2.48. The third-order valence-electron chi connectivity index (χ3n) is 4.02. The molecule has 0 aromatic carbocycles. The predicted octanol–water partition coefficient (Wildman–Crippen LogP) is 2.48. The van der Waals surface area contributed by atoms with E-state index in [9.17, 15) is 4.79 Å². The Kier molecular flexibility index (Phi) is 4.99. The molecule has 1 aliphatic carbocycles. The Morgan fingerprint density at radius 1 is 1.29 bits per heavy atom. The molecule has 1 rings (SSSR count). The largest absolute Gasteiger partial charge is 0.396 e. The van der Waals surface area contributed by atoms with E-state index in [0.29, 0.717) is 6.54 Å². The molecule has 0 aromatic heterocycles. The van der Waals surface area contributed by atoms with Crippen molar-refractivity contribution in [2.24, 2.45) is 10.8 Å². The molecule has 0 bridgehead atoms. The molecule has 100 valence electrons. The second-order valence-electron chi connectivity index (χ2n) is 6.44. The third-order valence-corrected chi connectivity index (χ3v) is 4.02. The molecule has 0 spiro atoms. The number of hydrogen-bond donors (Lipinski definition) is 2. The summed E-state index contributed by atoms with van der Waals surface area (Å²) in [7, 11) is 0. The fourth-order valence-corrected chi connectivity index (χ4v) is 2.48. The molecule has 0 heterocycles. The van der Waals surface area contributed by atoms with Crippen molar-refractivity contribution in [1.29, 1.82) is 0 Å². The molecule has 2 N–H and O–H groups in total. The Bertz CT molecular complexity index is 255. The Hall–Kier alpha value is -0.570. The summed E-state index contributed by atoms with van der Waals surface area (Å²) >= 11 is 0. The van der Waals surface area contributed by atoms with Gasteiger partial charge in [0.2, 0.25) is 5.91 Å². The number of amides is 1. The first-order valence-electron chi connectivity index (χ1n) is 6.79. The smallest absolute Gasteiger partial charge is 0.225 e. The third kappa shape index (κ3) is 4.30. The summed E-state index contributed by atoms with van der Waals surface area (Å²) in [5, 5.41) is 12.0. The number of hydrogen-bond acceptors (Lipinski definition) is 2. The lowest BCUT2D eigenvalue weighted by Gasteiger charge is -2.33. The highest BCUT2D eigenvalue weighted by Gasteiger charge is 2.34. The molecule has 3 heteroatoms. The maximum absolute atomic E-state index is 12.2. The minimum absolute atomic E-state index is 0.0184. The van der Waals surface area contributed by atoms with E-state index in [-0.39, 0.29) is 23.3 Å². The number of rotatable bonds is 5. The second-order valence-corrected chi connectivity index (χ2v) is 6.44. The van der Waals surface area contributed by atoms with E-state index in [1.54, 1.807) is 0 Å². The molecule has 0 radical (unpaired) electrons. The molecule has 0 atom stereocenters. The van der Waals surface area contributed by atoms with Crippen LogP contribution in [0.2, 0.25) is 0 Å². The van der Waals surface area contributed by atoms with Crippen LogP contribution in [-0.2, 0) is 4.79 Å². The lowest BCUT2D eigenvalue weighted by atomic mass is 9.75.